The smallest absolute Gasteiger partial charge is 0.341 e. The summed E-state index contributed by atoms with van der Waals surface area (Å²) in [5.74, 6) is -1.54. The SMILES string of the molecule is O=C(O)c1c(O)c2ccccc2c2nc3ccncc3nc12. The van der Waals surface area contributed by atoms with Crippen molar-refractivity contribution >= 4 is 38.8 Å². The van der Waals surface area contributed by atoms with Crippen LogP contribution in [0.2, 0.25) is 0 Å². The van der Waals surface area contributed by atoms with Crippen LogP contribution in [0.25, 0.3) is 32.8 Å². The number of phenols is 1. The Morgan fingerprint density at radius 1 is 0.955 bits per heavy atom. The summed E-state index contributed by atoms with van der Waals surface area (Å²) in [5.41, 5.74) is 1.46. The Hall–Kier alpha value is -3.28. The summed E-state index contributed by atoms with van der Waals surface area (Å²) in [4.78, 5) is 24.4. The van der Waals surface area contributed by atoms with Gasteiger partial charge < -0.3 is 10.2 Å². The number of rotatable bonds is 1. The Morgan fingerprint density at radius 3 is 2.45 bits per heavy atom. The lowest BCUT2D eigenvalue weighted by Crippen LogP contribution is -2.02. The number of hydrogen-bond donors (Lipinski definition) is 2. The average molecular weight is 291 g/mol. The number of hydrogen-bond acceptors (Lipinski definition) is 5. The highest BCUT2D eigenvalue weighted by atomic mass is 16.4. The van der Waals surface area contributed by atoms with Gasteiger partial charge in [-0.2, -0.15) is 0 Å². The molecule has 2 heterocycles. The molecule has 106 valence electrons. The second-order valence-electron chi connectivity index (χ2n) is 4.86. The van der Waals surface area contributed by atoms with E-state index in [0.717, 1.165) is 0 Å². The zero-order chi connectivity index (χ0) is 15.3. The normalized spacial score (nSPS) is 11.3. The lowest BCUT2D eigenvalue weighted by molar-refractivity contribution is 0.0696. The summed E-state index contributed by atoms with van der Waals surface area (Å²) in [6.07, 6.45) is 3.11. The van der Waals surface area contributed by atoms with Crippen molar-refractivity contribution in [3.8, 4) is 5.75 Å². The first-order valence-corrected chi connectivity index (χ1v) is 6.55. The quantitative estimate of drug-likeness (QED) is 0.413. The summed E-state index contributed by atoms with van der Waals surface area (Å²) in [6, 6.07) is 8.70. The second kappa shape index (κ2) is 4.36. The van der Waals surface area contributed by atoms with E-state index in [4.69, 9.17) is 0 Å². The van der Waals surface area contributed by atoms with Crippen LogP contribution < -0.4 is 0 Å². The predicted molar refractivity (Wildman–Crippen MR) is 81.0 cm³/mol. The molecule has 0 spiro atoms. The number of aromatic hydroxyl groups is 1. The van der Waals surface area contributed by atoms with Crippen molar-refractivity contribution in [2.24, 2.45) is 0 Å². The fourth-order valence-electron chi connectivity index (χ4n) is 2.61. The first-order chi connectivity index (χ1) is 10.7. The van der Waals surface area contributed by atoms with Crippen molar-refractivity contribution in [2.75, 3.05) is 0 Å². The number of carboxylic acid groups (broad SMARTS) is 1. The molecular formula is C16H9N3O3. The number of nitrogens with zero attached hydrogens (tertiary/aromatic N) is 3. The number of pyridine rings is 1. The van der Waals surface area contributed by atoms with Gasteiger partial charge in [0.25, 0.3) is 0 Å². The van der Waals surface area contributed by atoms with Crippen molar-refractivity contribution in [3.63, 3.8) is 0 Å². The monoisotopic (exact) mass is 291 g/mol. The molecule has 0 unspecified atom stereocenters. The third-order valence-electron chi connectivity index (χ3n) is 3.59. The maximum absolute atomic E-state index is 11.6. The molecule has 0 amide bonds. The summed E-state index contributed by atoms with van der Waals surface area (Å²) < 4.78 is 0. The number of carboxylic acids is 1. The van der Waals surface area contributed by atoms with E-state index >= 15 is 0 Å². The molecule has 0 fully saturated rings. The molecule has 0 radical (unpaired) electrons. The minimum atomic E-state index is -1.24. The van der Waals surface area contributed by atoms with Gasteiger partial charge in [-0.25, -0.2) is 14.8 Å². The minimum absolute atomic E-state index is 0.157. The largest absolute Gasteiger partial charge is 0.506 e. The van der Waals surface area contributed by atoms with Crippen LogP contribution >= 0.6 is 0 Å². The third-order valence-corrected chi connectivity index (χ3v) is 3.59. The van der Waals surface area contributed by atoms with Crippen molar-refractivity contribution in [2.45, 2.75) is 0 Å². The Bertz CT molecular complexity index is 1080. The topological polar surface area (TPSA) is 96.2 Å². The Labute approximate surface area is 123 Å². The van der Waals surface area contributed by atoms with Gasteiger partial charge in [0.2, 0.25) is 0 Å². The lowest BCUT2D eigenvalue weighted by Gasteiger charge is -2.10. The number of aromatic nitrogens is 3. The molecule has 2 N–H and O–H groups in total. The Morgan fingerprint density at radius 2 is 1.68 bits per heavy atom. The van der Waals surface area contributed by atoms with Gasteiger partial charge in [-0.1, -0.05) is 24.3 Å². The van der Waals surface area contributed by atoms with Crippen LogP contribution in [0, 0.1) is 0 Å². The zero-order valence-corrected chi connectivity index (χ0v) is 11.2. The van der Waals surface area contributed by atoms with E-state index in [1.807, 2.05) is 0 Å². The number of benzene rings is 2. The highest BCUT2D eigenvalue weighted by Gasteiger charge is 2.21. The third kappa shape index (κ3) is 1.61. The summed E-state index contributed by atoms with van der Waals surface area (Å²) in [6.45, 7) is 0. The molecule has 2 aromatic heterocycles. The summed E-state index contributed by atoms with van der Waals surface area (Å²) in [7, 11) is 0. The molecule has 22 heavy (non-hydrogen) atoms. The molecular weight excluding hydrogens is 282 g/mol. The van der Waals surface area contributed by atoms with Gasteiger partial charge in [0.05, 0.1) is 17.2 Å². The zero-order valence-electron chi connectivity index (χ0n) is 11.2. The molecule has 4 rings (SSSR count). The lowest BCUT2D eigenvalue weighted by atomic mass is 10.0. The predicted octanol–water partition coefficient (Wildman–Crippen LogP) is 2.74. The highest BCUT2D eigenvalue weighted by Crippen LogP contribution is 2.36. The van der Waals surface area contributed by atoms with Crippen LogP contribution in [0.3, 0.4) is 0 Å². The number of carbonyl (C=O) groups is 1. The molecule has 0 aliphatic rings. The Balaban J connectivity index is 2.35. The standard InChI is InChI=1S/C16H9N3O3/c20-15-9-4-2-1-3-8(9)13-14(12(15)16(21)22)19-11-7-17-6-5-10(11)18-13/h1-7,20H,(H,21,22). The highest BCUT2D eigenvalue weighted by molar-refractivity contribution is 6.17. The molecule has 4 aromatic rings. The molecule has 0 aliphatic carbocycles. The van der Waals surface area contributed by atoms with Crippen molar-refractivity contribution in [3.05, 3.63) is 48.3 Å². The van der Waals surface area contributed by atoms with Crippen LogP contribution in [0.15, 0.2) is 42.7 Å². The molecule has 0 saturated carbocycles. The van der Waals surface area contributed by atoms with Gasteiger partial charge >= 0.3 is 5.97 Å². The second-order valence-corrected chi connectivity index (χ2v) is 4.86. The fourth-order valence-corrected chi connectivity index (χ4v) is 2.61. The van der Waals surface area contributed by atoms with Gasteiger partial charge in [0, 0.05) is 17.0 Å². The maximum atomic E-state index is 11.6. The van der Waals surface area contributed by atoms with E-state index in [-0.39, 0.29) is 16.8 Å². The van der Waals surface area contributed by atoms with Gasteiger partial charge in [-0.3, -0.25) is 4.98 Å². The van der Waals surface area contributed by atoms with E-state index < -0.39 is 5.97 Å². The molecule has 2 aromatic carbocycles. The van der Waals surface area contributed by atoms with Crippen molar-refractivity contribution in [1.29, 1.82) is 0 Å². The molecule has 0 saturated heterocycles. The Kier molecular flexibility index (Phi) is 2.47. The van der Waals surface area contributed by atoms with Gasteiger partial charge in [0.15, 0.2) is 0 Å². The van der Waals surface area contributed by atoms with E-state index in [0.29, 0.717) is 27.3 Å². The minimum Gasteiger partial charge on any atom is -0.506 e. The van der Waals surface area contributed by atoms with E-state index in [9.17, 15) is 15.0 Å². The van der Waals surface area contributed by atoms with Crippen LogP contribution in [0.5, 0.6) is 5.75 Å². The van der Waals surface area contributed by atoms with Crippen molar-refractivity contribution in [1.82, 2.24) is 15.0 Å². The van der Waals surface area contributed by atoms with Crippen LogP contribution in [-0.4, -0.2) is 31.1 Å². The maximum Gasteiger partial charge on any atom is 0.341 e. The van der Waals surface area contributed by atoms with E-state index in [2.05, 4.69) is 15.0 Å². The van der Waals surface area contributed by atoms with Crippen LogP contribution in [0.4, 0.5) is 0 Å². The van der Waals surface area contributed by atoms with Gasteiger partial charge in [0.1, 0.15) is 22.3 Å². The first-order valence-electron chi connectivity index (χ1n) is 6.55. The first kappa shape index (κ1) is 12.5. The molecule has 6 heteroatoms. The van der Waals surface area contributed by atoms with Gasteiger partial charge in [-0.05, 0) is 6.07 Å². The molecule has 0 bridgehead atoms. The van der Waals surface area contributed by atoms with E-state index in [1.54, 1.807) is 36.5 Å². The van der Waals surface area contributed by atoms with Crippen LogP contribution in [0.1, 0.15) is 10.4 Å². The van der Waals surface area contributed by atoms with Crippen molar-refractivity contribution < 1.29 is 15.0 Å². The van der Waals surface area contributed by atoms with E-state index in [1.165, 1.54) is 6.20 Å². The summed E-state index contributed by atoms with van der Waals surface area (Å²) >= 11 is 0. The molecule has 0 aliphatic heterocycles. The molecule has 0 atom stereocenters. The fraction of sp³-hybridized carbons (Fsp3) is 0. The number of fused-ring (bicyclic) bond motifs is 4. The summed E-state index contributed by atoms with van der Waals surface area (Å²) in [5, 5.41) is 20.9. The molecule has 6 nitrogen and oxygen atoms in total. The van der Waals surface area contributed by atoms with Gasteiger partial charge in [-0.15, -0.1) is 0 Å². The van der Waals surface area contributed by atoms with Crippen LogP contribution in [-0.2, 0) is 0 Å². The average Bonchev–Trinajstić information content (AvgIpc) is 2.53. The number of aromatic carboxylic acids is 1.